The Kier molecular flexibility index (Phi) is 10.8. The van der Waals surface area contributed by atoms with E-state index in [4.69, 9.17) is 14.0 Å². The zero-order chi connectivity index (χ0) is 21.2. The van der Waals surface area contributed by atoms with E-state index < -0.39 is 19.5 Å². The standard InChI is InChI=1S/C21H36NO5P/c1-7-11-18-13-10-14-19(12-8-2)20(18)27-28(24,15-25-6)22-17(5)21(23)26-16(4)9-3/h10,13-14,16-17H,7-9,11-12,15H2,1-6H3,(H,22,24)/t16-,17+,28?/m1/s1. The van der Waals surface area contributed by atoms with Gasteiger partial charge in [-0.3, -0.25) is 9.36 Å². The van der Waals surface area contributed by atoms with Crippen molar-refractivity contribution in [1.29, 1.82) is 0 Å². The van der Waals surface area contributed by atoms with Crippen LogP contribution in [0.3, 0.4) is 0 Å². The number of esters is 1. The number of benzene rings is 1. The maximum Gasteiger partial charge on any atom is 0.342 e. The van der Waals surface area contributed by atoms with Crippen LogP contribution < -0.4 is 9.61 Å². The highest BCUT2D eigenvalue weighted by molar-refractivity contribution is 7.57. The summed E-state index contributed by atoms with van der Waals surface area (Å²) in [5.74, 6) is 0.187. The van der Waals surface area contributed by atoms with E-state index in [0.29, 0.717) is 5.75 Å². The van der Waals surface area contributed by atoms with Gasteiger partial charge in [-0.05, 0) is 44.2 Å². The topological polar surface area (TPSA) is 73.9 Å². The Morgan fingerprint density at radius 3 is 2.14 bits per heavy atom. The van der Waals surface area contributed by atoms with E-state index in [1.54, 1.807) is 6.92 Å². The summed E-state index contributed by atoms with van der Waals surface area (Å²) in [6, 6.07) is 5.22. The van der Waals surface area contributed by atoms with Crippen molar-refractivity contribution in [2.75, 3.05) is 13.5 Å². The lowest BCUT2D eigenvalue weighted by molar-refractivity contribution is -0.149. The highest BCUT2D eigenvalue weighted by atomic mass is 31.2. The lowest BCUT2D eigenvalue weighted by Gasteiger charge is -2.26. The van der Waals surface area contributed by atoms with Crippen molar-refractivity contribution >= 4 is 13.5 Å². The summed E-state index contributed by atoms with van der Waals surface area (Å²) < 4.78 is 30.1. The molecule has 0 fully saturated rings. The second-order valence-corrected chi connectivity index (χ2v) is 9.14. The Labute approximate surface area is 169 Å². The summed E-state index contributed by atoms with van der Waals surface area (Å²) in [6.45, 7) is 9.58. The molecule has 0 saturated carbocycles. The van der Waals surface area contributed by atoms with Gasteiger partial charge in [-0.1, -0.05) is 51.8 Å². The fourth-order valence-corrected chi connectivity index (χ4v) is 4.57. The Balaban J connectivity index is 3.11. The first kappa shape index (κ1) is 24.7. The zero-order valence-corrected chi connectivity index (χ0v) is 19.0. The highest BCUT2D eigenvalue weighted by Gasteiger charge is 2.32. The van der Waals surface area contributed by atoms with Crippen LogP contribution in [0.5, 0.6) is 5.75 Å². The lowest BCUT2D eigenvalue weighted by Crippen LogP contribution is -2.37. The second kappa shape index (κ2) is 12.3. The van der Waals surface area contributed by atoms with E-state index in [0.717, 1.165) is 43.2 Å². The van der Waals surface area contributed by atoms with Gasteiger partial charge in [0.25, 0.3) is 0 Å². The molecular formula is C21H36NO5P. The smallest absolute Gasteiger partial charge is 0.342 e. The van der Waals surface area contributed by atoms with Crippen LogP contribution in [0.1, 0.15) is 65.0 Å². The van der Waals surface area contributed by atoms with Crippen LogP contribution >= 0.6 is 7.52 Å². The normalized spacial score (nSPS) is 15.5. The minimum Gasteiger partial charge on any atom is -0.462 e. The van der Waals surface area contributed by atoms with Gasteiger partial charge in [-0.25, -0.2) is 5.09 Å². The SMILES string of the molecule is CCCc1cccc(CCC)c1OP(=O)(COC)N[C@@H](C)C(=O)O[C@H](C)CC. The largest absolute Gasteiger partial charge is 0.462 e. The van der Waals surface area contributed by atoms with Gasteiger partial charge in [0.2, 0.25) is 0 Å². The molecule has 1 N–H and O–H groups in total. The van der Waals surface area contributed by atoms with Crippen LogP contribution in [0.2, 0.25) is 0 Å². The van der Waals surface area contributed by atoms with Crippen molar-refractivity contribution in [1.82, 2.24) is 5.09 Å². The van der Waals surface area contributed by atoms with Crippen molar-refractivity contribution < 1.29 is 23.4 Å². The zero-order valence-electron chi connectivity index (χ0n) is 18.1. The van der Waals surface area contributed by atoms with Crippen LogP contribution in [0.4, 0.5) is 0 Å². The Bertz CT molecular complexity index is 640. The molecule has 0 saturated heterocycles. The third kappa shape index (κ3) is 7.57. The number of aryl methyl sites for hydroxylation is 2. The van der Waals surface area contributed by atoms with E-state index in [1.165, 1.54) is 7.11 Å². The van der Waals surface area contributed by atoms with Gasteiger partial charge >= 0.3 is 13.5 Å². The highest BCUT2D eigenvalue weighted by Crippen LogP contribution is 2.46. The van der Waals surface area contributed by atoms with E-state index >= 15 is 0 Å². The molecule has 0 spiro atoms. The molecule has 0 bridgehead atoms. The number of ether oxygens (including phenoxy) is 2. The molecule has 0 aliphatic rings. The summed E-state index contributed by atoms with van der Waals surface area (Å²) in [4.78, 5) is 12.3. The number of hydrogen-bond donors (Lipinski definition) is 1. The van der Waals surface area contributed by atoms with E-state index in [-0.39, 0.29) is 12.5 Å². The van der Waals surface area contributed by atoms with Crippen LogP contribution in [0.15, 0.2) is 18.2 Å². The predicted molar refractivity (Wildman–Crippen MR) is 113 cm³/mol. The van der Waals surface area contributed by atoms with Crippen LogP contribution in [-0.4, -0.2) is 31.6 Å². The molecule has 0 aliphatic heterocycles. The second-order valence-electron chi connectivity index (χ2n) is 7.09. The molecule has 1 aromatic carbocycles. The lowest BCUT2D eigenvalue weighted by atomic mass is 10.0. The van der Waals surface area contributed by atoms with Crippen LogP contribution in [-0.2, 0) is 31.7 Å². The Morgan fingerprint density at radius 1 is 1.11 bits per heavy atom. The summed E-state index contributed by atoms with van der Waals surface area (Å²) in [5.41, 5.74) is 2.03. The van der Waals surface area contributed by atoms with Gasteiger partial charge < -0.3 is 14.0 Å². The third-order valence-corrected chi connectivity index (χ3v) is 6.25. The number of para-hydroxylation sites is 1. The van der Waals surface area contributed by atoms with Gasteiger partial charge in [-0.2, -0.15) is 0 Å². The predicted octanol–water partition coefficient (Wildman–Crippen LogP) is 5.09. The molecule has 0 aliphatic carbocycles. The average molecular weight is 413 g/mol. The Hall–Kier alpha value is -1.36. The van der Waals surface area contributed by atoms with Gasteiger partial charge in [0.1, 0.15) is 18.1 Å². The summed E-state index contributed by atoms with van der Waals surface area (Å²) >= 11 is 0. The average Bonchev–Trinajstić information content (AvgIpc) is 2.64. The summed E-state index contributed by atoms with van der Waals surface area (Å²) in [7, 11) is -2.01. The van der Waals surface area contributed by atoms with Gasteiger partial charge in [0.05, 0.1) is 6.10 Å². The number of hydrogen-bond acceptors (Lipinski definition) is 5. The fourth-order valence-electron chi connectivity index (χ4n) is 2.83. The van der Waals surface area contributed by atoms with Gasteiger partial charge in [-0.15, -0.1) is 0 Å². The molecule has 0 amide bonds. The minimum atomic E-state index is -3.48. The maximum atomic E-state index is 13.5. The molecule has 3 atom stereocenters. The summed E-state index contributed by atoms with van der Waals surface area (Å²) in [5, 5.41) is 2.84. The van der Waals surface area contributed by atoms with Crippen molar-refractivity contribution in [2.24, 2.45) is 0 Å². The first-order chi connectivity index (χ1) is 13.3. The van der Waals surface area contributed by atoms with E-state index in [1.807, 2.05) is 32.0 Å². The minimum absolute atomic E-state index is 0.139. The molecule has 0 heterocycles. The number of nitrogens with one attached hydrogen (secondary N) is 1. The van der Waals surface area contributed by atoms with Crippen molar-refractivity contribution in [3.63, 3.8) is 0 Å². The molecule has 7 heteroatoms. The van der Waals surface area contributed by atoms with Gasteiger partial charge in [0.15, 0.2) is 0 Å². The fraction of sp³-hybridized carbons (Fsp3) is 0.667. The molecule has 6 nitrogen and oxygen atoms in total. The van der Waals surface area contributed by atoms with Crippen molar-refractivity contribution in [3.05, 3.63) is 29.3 Å². The van der Waals surface area contributed by atoms with E-state index in [2.05, 4.69) is 18.9 Å². The molecule has 1 unspecified atom stereocenters. The Morgan fingerprint density at radius 2 is 1.68 bits per heavy atom. The van der Waals surface area contributed by atoms with Crippen LogP contribution in [0.25, 0.3) is 0 Å². The molecule has 28 heavy (non-hydrogen) atoms. The number of rotatable bonds is 13. The molecule has 1 aromatic rings. The first-order valence-corrected chi connectivity index (χ1v) is 12.0. The molecule has 0 radical (unpaired) electrons. The number of carbonyl (C=O) groups is 1. The van der Waals surface area contributed by atoms with E-state index in [9.17, 15) is 9.36 Å². The maximum absolute atomic E-state index is 13.5. The van der Waals surface area contributed by atoms with Crippen molar-refractivity contribution in [3.8, 4) is 5.75 Å². The number of methoxy groups -OCH3 is 1. The number of carbonyl (C=O) groups excluding carboxylic acids is 1. The van der Waals surface area contributed by atoms with Crippen molar-refractivity contribution in [2.45, 2.75) is 78.9 Å². The quantitative estimate of drug-likeness (QED) is 0.359. The molecule has 160 valence electrons. The van der Waals surface area contributed by atoms with Crippen LogP contribution in [0, 0.1) is 0 Å². The third-order valence-electron chi connectivity index (χ3n) is 4.39. The summed E-state index contributed by atoms with van der Waals surface area (Å²) in [6.07, 6.45) is 3.93. The molecule has 0 aromatic heterocycles. The van der Waals surface area contributed by atoms with Gasteiger partial charge in [0, 0.05) is 7.11 Å². The molecular weight excluding hydrogens is 377 g/mol. The first-order valence-electron chi connectivity index (χ1n) is 10.2. The monoisotopic (exact) mass is 413 g/mol. The molecule has 1 rings (SSSR count).